The second-order valence-corrected chi connectivity index (χ2v) is 11.5. The van der Waals surface area contributed by atoms with E-state index in [1.54, 1.807) is 11.1 Å². The number of hydrogen-bond acceptors (Lipinski definition) is 5. The number of benzene rings is 1. The van der Waals surface area contributed by atoms with Gasteiger partial charge >= 0.3 is 6.09 Å². The fourth-order valence-electron chi connectivity index (χ4n) is 5.55. The monoisotopic (exact) mass is 509 g/mol. The zero-order chi connectivity index (χ0) is 26.4. The van der Waals surface area contributed by atoms with E-state index in [0.29, 0.717) is 25.2 Å². The van der Waals surface area contributed by atoms with Crippen molar-refractivity contribution in [3.8, 4) is 0 Å². The van der Waals surface area contributed by atoms with E-state index in [1.807, 2.05) is 32.5 Å². The van der Waals surface area contributed by atoms with E-state index >= 15 is 0 Å². The minimum absolute atomic E-state index is 0.0587. The molecule has 2 fully saturated rings. The number of amides is 2. The highest BCUT2D eigenvalue weighted by atomic mass is 16.6. The van der Waals surface area contributed by atoms with Crippen molar-refractivity contribution in [2.75, 3.05) is 39.3 Å². The summed E-state index contributed by atoms with van der Waals surface area (Å²) in [6, 6.07) is 10.8. The minimum atomic E-state index is -0.501. The molecule has 8 heteroatoms. The van der Waals surface area contributed by atoms with Gasteiger partial charge in [-0.2, -0.15) is 5.10 Å². The Hall–Kier alpha value is -2.87. The Morgan fingerprint density at radius 3 is 2.35 bits per heavy atom. The molecule has 0 bridgehead atoms. The number of nitrogens with zero attached hydrogens (tertiary/aromatic N) is 4. The summed E-state index contributed by atoms with van der Waals surface area (Å²) in [5.74, 6) is 0.875. The molecule has 1 N–H and O–H groups in total. The number of nitrogens with one attached hydrogen (secondary N) is 1. The Morgan fingerprint density at radius 1 is 1.03 bits per heavy atom. The van der Waals surface area contributed by atoms with Gasteiger partial charge in [-0.15, -0.1) is 0 Å². The molecule has 2 saturated heterocycles. The van der Waals surface area contributed by atoms with E-state index in [1.165, 1.54) is 18.4 Å². The van der Waals surface area contributed by atoms with Crippen LogP contribution >= 0.6 is 0 Å². The molecule has 0 aliphatic carbocycles. The van der Waals surface area contributed by atoms with Gasteiger partial charge in [0.05, 0.1) is 17.5 Å². The second kappa shape index (κ2) is 12.1. The van der Waals surface area contributed by atoms with Crippen LogP contribution in [0.3, 0.4) is 0 Å². The lowest BCUT2D eigenvalue weighted by Crippen LogP contribution is -2.42. The molecule has 202 valence electrons. The summed E-state index contributed by atoms with van der Waals surface area (Å²) in [5.41, 5.74) is 2.54. The molecule has 2 aliphatic rings. The fourth-order valence-corrected chi connectivity index (χ4v) is 5.55. The van der Waals surface area contributed by atoms with E-state index in [9.17, 15) is 9.59 Å². The third-order valence-corrected chi connectivity index (χ3v) is 7.55. The first-order valence-electron chi connectivity index (χ1n) is 13.7. The lowest BCUT2D eigenvalue weighted by Gasteiger charge is -2.33. The molecular formula is C29H43N5O3. The molecule has 2 amide bonds. The summed E-state index contributed by atoms with van der Waals surface area (Å²) >= 11 is 0. The number of aromatic nitrogens is 2. The molecule has 4 rings (SSSR count). The SMILES string of the molecule is Cn1ncc(C(=O)NCCN2CCC(Cc3ccccc3)CC2)c1C1CCN(C(=O)OC(C)(C)C)CC1. The highest BCUT2D eigenvalue weighted by molar-refractivity contribution is 5.95. The average molecular weight is 510 g/mol. The van der Waals surface area contributed by atoms with E-state index < -0.39 is 5.60 Å². The Labute approximate surface area is 221 Å². The van der Waals surface area contributed by atoms with Gasteiger partial charge in [0, 0.05) is 39.1 Å². The number of ether oxygens (including phenoxy) is 1. The van der Waals surface area contributed by atoms with Crippen molar-refractivity contribution in [3.63, 3.8) is 0 Å². The molecule has 1 aromatic heterocycles. The molecule has 3 heterocycles. The van der Waals surface area contributed by atoms with Crippen LogP contribution in [0.1, 0.15) is 74.0 Å². The summed E-state index contributed by atoms with van der Waals surface area (Å²) in [6.45, 7) is 10.5. The van der Waals surface area contributed by atoms with Crippen LogP contribution in [0.4, 0.5) is 4.79 Å². The van der Waals surface area contributed by atoms with Crippen molar-refractivity contribution in [1.82, 2.24) is 24.9 Å². The van der Waals surface area contributed by atoms with Crippen molar-refractivity contribution in [2.24, 2.45) is 13.0 Å². The van der Waals surface area contributed by atoms with Crippen LogP contribution in [0.15, 0.2) is 36.5 Å². The van der Waals surface area contributed by atoms with Crippen LogP contribution < -0.4 is 5.32 Å². The normalized spacial score (nSPS) is 18.1. The first kappa shape index (κ1) is 27.2. The third kappa shape index (κ3) is 7.57. The van der Waals surface area contributed by atoms with Crippen LogP contribution in [-0.2, 0) is 18.2 Å². The summed E-state index contributed by atoms with van der Waals surface area (Å²) < 4.78 is 7.34. The Balaban J connectivity index is 1.22. The van der Waals surface area contributed by atoms with Crippen LogP contribution in [0.2, 0.25) is 0 Å². The van der Waals surface area contributed by atoms with Crippen molar-refractivity contribution < 1.29 is 14.3 Å². The van der Waals surface area contributed by atoms with E-state index in [0.717, 1.165) is 50.5 Å². The number of carbonyl (C=O) groups is 2. The summed E-state index contributed by atoms with van der Waals surface area (Å²) in [7, 11) is 1.89. The number of rotatable bonds is 7. The second-order valence-electron chi connectivity index (χ2n) is 11.5. The molecule has 0 atom stereocenters. The quantitative estimate of drug-likeness (QED) is 0.605. The largest absolute Gasteiger partial charge is 0.444 e. The zero-order valence-electron chi connectivity index (χ0n) is 22.9. The standard InChI is InChI=1S/C29H43N5O3/c1-29(2,3)37-28(36)34-17-12-24(13-18-34)26-25(21-31-32(26)4)27(35)30-14-19-33-15-10-23(11-16-33)20-22-8-6-5-7-9-22/h5-9,21,23-24H,10-20H2,1-4H3,(H,30,35). The summed E-state index contributed by atoms with van der Waals surface area (Å²) in [5, 5.41) is 7.52. The topological polar surface area (TPSA) is 79.7 Å². The van der Waals surface area contributed by atoms with Crippen molar-refractivity contribution in [1.29, 1.82) is 0 Å². The Morgan fingerprint density at radius 2 is 1.70 bits per heavy atom. The molecule has 0 spiro atoms. The smallest absolute Gasteiger partial charge is 0.410 e. The van der Waals surface area contributed by atoms with Gasteiger partial charge in [-0.05, 0) is 77.4 Å². The molecule has 0 unspecified atom stereocenters. The van der Waals surface area contributed by atoms with Crippen LogP contribution in [0.25, 0.3) is 0 Å². The first-order valence-corrected chi connectivity index (χ1v) is 13.7. The Bertz CT molecular complexity index is 1030. The lowest BCUT2D eigenvalue weighted by atomic mass is 9.90. The van der Waals surface area contributed by atoms with Crippen LogP contribution in [0, 0.1) is 5.92 Å². The number of carbonyl (C=O) groups excluding carboxylic acids is 2. The van der Waals surface area contributed by atoms with Gasteiger partial charge in [-0.1, -0.05) is 30.3 Å². The van der Waals surface area contributed by atoms with E-state index in [2.05, 4.69) is 45.6 Å². The number of piperidine rings is 2. The van der Waals surface area contributed by atoms with E-state index in [-0.39, 0.29) is 17.9 Å². The maximum absolute atomic E-state index is 13.1. The minimum Gasteiger partial charge on any atom is -0.444 e. The van der Waals surface area contributed by atoms with Gasteiger partial charge in [0.15, 0.2) is 0 Å². The van der Waals surface area contributed by atoms with Crippen LogP contribution in [0.5, 0.6) is 0 Å². The molecular weight excluding hydrogens is 466 g/mol. The zero-order valence-corrected chi connectivity index (χ0v) is 22.9. The van der Waals surface area contributed by atoms with Crippen molar-refractivity contribution in [2.45, 2.75) is 64.4 Å². The number of aryl methyl sites for hydroxylation is 1. The maximum atomic E-state index is 13.1. The summed E-state index contributed by atoms with van der Waals surface area (Å²) in [4.78, 5) is 29.7. The predicted molar refractivity (Wildman–Crippen MR) is 145 cm³/mol. The van der Waals surface area contributed by atoms with Gasteiger partial charge in [0.2, 0.25) is 0 Å². The molecule has 2 aliphatic heterocycles. The first-order chi connectivity index (χ1) is 17.7. The lowest BCUT2D eigenvalue weighted by molar-refractivity contribution is 0.0203. The Kier molecular flexibility index (Phi) is 8.90. The van der Waals surface area contributed by atoms with Crippen LogP contribution in [-0.4, -0.2) is 76.5 Å². The molecule has 2 aromatic rings. The van der Waals surface area contributed by atoms with Gasteiger partial charge < -0.3 is 19.9 Å². The summed E-state index contributed by atoms with van der Waals surface area (Å²) in [6.07, 6.45) is 6.56. The average Bonchev–Trinajstić information content (AvgIpc) is 3.26. The highest BCUT2D eigenvalue weighted by Crippen LogP contribution is 2.31. The number of likely N-dealkylation sites (tertiary alicyclic amines) is 2. The highest BCUT2D eigenvalue weighted by Gasteiger charge is 2.31. The molecule has 0 radical (unpaired) electrons. The molecule has 37 heavy (non-hydrogen) atoms. The predicted octanol–water partition coefficient (Wildman–Crippen LogP) is 4.22. The van der Waals surface area contributed by atoms with Gasteiger partial charge in [0.25, 0.3) is 5.91 Å². The van der Waals surface area contributed by atoms with Gasteiger partial charge in [-0.25, -0.2) is 4.79 Å². The molecule has 1 aromatic carbocycles. The fraction of sp³-hybridized carbons (Fsp3) is 0.621. The number of hydrogen-bond donors (Lipinski definition) is 1. The van der Waals surface area contributed by atoms with Crippen molar-refractivity contribution in [3.05, 3.63) is 53.3 Å². The van der Waals surface area contributed by atoms with Gasteiger partial charge in [0.1, 0.15) is 5.60 Å². The van der Waals surface area contributed by atoms with Crippen molar-refractivity contribution >= 4 is 12.0 Å². The maximum Gasteiger partial charge on any atom is 0.410 e. The van der Waals surface area contributed by atoms with Gasteiger partial charge in [-0.3, -0.25) is 9.48 Å². The third-order valence-electron chi connectivity index (χ3n) is 7.55. The molecule has 0 saturated carbocycles. The van der Waals surface area contributed by atoms with E-state index in [4.69, 9.17) is 4.74 Å². The molecule has 8 nitrogen and oxygen atoms in total.